The highest BCUT2D eigenvalue weighted by molar-refractivity contribution is 7.89. The second kappa shape index (κ2) is 10.1. The first-order valence-electron chi connectivity index (χ1n) is 9.32. The van der Waals surface area contributed by atoms with Crippen LogP contribution in [0.15, 0.2) is 47.4 Å². The Morgan fingerprint density at radius 1 is 1.10 bits per heavy atom. The average molecular weight is 455 g/mol. The summed E-state index contributed by atoms with van der Waals surface area (Å²) in [4.78, 5) is 14.6. The van der Waals surface area contributed by atoms with Gasteiger partial charge in [0.05, 0.1) is 19.1 Å². The van der Waals surface area contributed by atoms with Crippen molar-refractivity contribution in [3.63, 3.8) is 0 Å². The van der Waals surface area contributed by atoms with Crippen LogP contribution >= 0.6 is 11.6 Å². The molecule has 0 aliphatic heterocycles. The van der Waals surface area contributed by atoms with Crippen LogP contribution in [0, 0.1) is 5.92 Å². The van der Waals surface area contributed by atoms with Gasteiger partial charge in [-0.1, -0.05) is 25.4 Å². The van der Waals surface area contributed by atoms with Gasteiger partial charge >= 0.3 is 0 Å². The predicted octanol–water partition coefficient (Wildman–Crippen LogP) is 3.32. The van der Waals surface area contributed by atoms with Gasteiger partial charge in [0.15, 0.2) is 0 Å². The lowest BCUT2D eigenvalue weighted by atomic mass is 10.0. The van der Waals surface area contributed by atoms with Gasteiger partial charge in [0.1, 0.15) is 17.5 Å². The minimum absolute atomic E-state index is 0.0564. The summed E-state index contributed by atoms with van der Waals surface area (Å²) < 4.78 is 38.6. The molecule has 1 N–H and O–H groups in total. The van der Waals surface area contributed by atoms with Crippen LogP contribution in [0.2, 0.25) is 5.02 Å². The first-order chi connectivity index (χ1) is 14.1. The van der Waals surface area contributed by atoms with E-state index in [1.165, 1.54) is 31.3 Å². The van der Waals surface area contributed by atoms with Crippen molar-refractivity contribution < 1.29 is 22.7 Å². The fourth-order valence-electron chi connectivity index (χ4n) is 2.90. The number of rotatable bonds is 9. The highest BCUT2D eigenvalue weighted by Crippen LogP contribution is 2.24. The molecule has 2 rings (SSSR count). The van der Waals surface area contributed by atoms with Crippen molar-refractivity contribution in [2.24, 2.45) is 5.92 Å². The van der Waals surface area contributed by atoms with E-state index >= 15 is 0 Å². The number of nitrogens with one attached hydrogen (secondary N) is 1. The standard InChI is InChI=1S/C21H27ClN2O5S/c1-14(2)20(23-30(26,27)18-9-7-17(28-4)8-10-18)21(25)24(3)13-15-12-16(22)6-11-19(15)29-5/h6-12,14,20,23H,13H2,1-5H3/t20-/m0/s1. The SMILES string of the molecule is COc1ccc(S(=O)(=O)N[C@H](C(=O)N(C)Cc2cc(Cl)ccc2OC)C(C)C)cc1. The van der Waals surface area contributed by atoms with Crippen molar-refractivity contribution in [2.45, 2.75) is 31.3 Å². The normalized spacial score (nSPS) is 12.5. The number of hydrogen-bond acceptors (Lipinski definition) is 5. The number of amides is 1. The first-order valence-corrected chi connectivity index (χ1v) is 11.2. The number of nitrogens with zero attached hydrogens (tertiary/aromatic N) is 1. The maximum atomic E-state index is 13.1. The fraction of sp³-hybridized carbons (Fsp3) is 0.381. The first kappa shape index (κ1) is 24.0. The lowest BCUT2D eigenvalue weighted by Crippen LogP contribution is -2.49. The molecule has 1 atom stereocenters. The Labute approximate surface area is 183 Å². The van der Waals surface area contributed by atoms with Gasteiger partial charge in [0.2, 0.25) is 15.9 Å². The fourth-order valence-corrected chi connectivity index (χ4v) is 4.44. The third kappa shape index (κ3) is 5.87. The third-order valence-corrected chi connectivity index (χ3v) is 6.30. The van der Waals surface area contributed by atoms with Crippen molar-refractivity contribution in [1.82, 2.24) is 9.62 Å². The molecular formula is C21H27ClN2O5S. The van der Waals surface area contributed by atoms with Crippen LogP contribution in [0.1, 0.15) is 19.4 Å². The zero-order valence-electron chi connectivity index (χ0n) is 17.7. The van der Waals surface area contributed by atoms with E-state index < -0.39 is 16.1 Å². The summed E-state index contributed by atoms with van der Waals surface area (Å²) in [5.74, 6) is 0.512. The minimum Gasteiger partial charge on any atom is -0.497 e. The molecule has 0 bridgehead atoms. The van der Waals surface area contributed by atoms with Gasteiger partial charge in [-0.3, -0.25) is 4.79 Å². The van der Waals surface area contributed by atoms with E-state index in [9.17, 15) is 13.2 Å². The minimum atomic E-state index is -3.90. The summed E-state index contributed by atoms with van der Waals surface area (Å²) in [5.41, 5.74) is 0.723. The number of carbonyl (C=O) groups excluding carboxylic acids is 1. The highest BCUT2D eigenvalue weighted by Gasteiger charge is 2.30. The van der Waals surface area contributed by atoms with Crippen LogP contribution in [0.25, 0.3) is 0 Å². The Kier molecular flexibility index (Phi) is 8.11. The van der Waals surface area contributed by atoms with Gasteiger partial charge < -0.3 is 14.4 Å². The van der Waals surface area contributed by atoms with Gasteiger partial charge in [0.25, 0.3) is 0 Å². The molecule has 0 aliphatic rings. The van der Waals surface area contributed by atoms with Crippen LogP contribution in [-0.4, -0.2) is 46.5 Å². The largest absolute Gasteiger partial charge is 0.497 e. The number of likely N-dealkylation sites (N-methyl/N-ethyl adjacent to an activating group) is 1. The summed E-state index contributed by atoms with van der Waals surface area (Å²) in [6.07, 6.45) is 0. The van der Waals surface area contributed by atoms with Crippen LogP contribution < -0.4 is 14.2 Å². The number of benzene rings is 2. The molecule has 9 heteroatoms. The molecule has 0 aromatic heterocycles. The molecule has 0 spiro atoms. The highest BCUT2D eigenvalue weighted by atomic mass is 35.5. The monoisotopic (exact) mass is 454 g/mol. The maximum absolute atomic E-state index is 13.1. The predicted molar refractivity (Wildman–Crippen MR) is 116 cm³/mol. The number of halogens is 1. The van der Waals surface area contributed by atoms with E-state index in [0.29, 0.717) is 16.5 Å². The summed E-state index contributed by atoms with van der Waals surface area (Å²) in [6.45, 7) is 3.79. The van der Waals surface area contributed by atoms with Crippen molar-refractivity contribution in [2.75, 3.05) is 21.3 Å². The number of carbonyl (C=O) groups is 1. The van der Waals surface area contributed by atoms with E-state index in [4.69, 9.17) is 21.1 Å². The van der Waals surface area contributed by atoms with E-state index in [1.807, 2.05) is 0 Å². The molecule has 0 aliphatic carbocycles. The molecule has 0 saturated heterocycles. The number of ether oxygens (including phenoxy) is 2. The van der Waals surface area contributed by atoms with Crippen molar-refractivity contribution in [3.8, 4) is 11.5 Å². The summed E-state index contributed by atoms with van der Waals surface area (Å²) in [7, 11) is 0.748. The molecule has 30 heavy (non-hydrogen) atoms. The smallest absolute Gasteiger partial charge is 0.241 e. The van der Waals surface area contributed by atoms with Gasteiger partial charge in [-0.05, 0) is 48.4 Å². The second-order valence-corrected chi connectivity index (χ2v) is 9.32. The Hall–Kier alpha value is -2.29. The summed E-state index contributed by atoms with van der Waals surface area (Å²) >= 11 is 6.07. The maximum Gasteiger partial charge on any atom is 0.241 e. The number of sulfonamides is 1. The lowest BCUT2D eigenvalue weighted by molar-refractivity contribution is -0.133. The molecule has 0 fully saturated rings. The van der Waals surface area contributed by atoms with Gasteiger partial charge in [-0.25, -0.2) is 8.42 Å². The Morgan fingerprint density at radius 2 is 1.73 bits per heavy atom. The number of hydrogen-bond donors (Lipinski definition) is 1. The second-order valence-electron chi connectivity index (χ2n) is 7.17. The number of methoxy groups -OCH3 is 2. The van der Waals surface area contributed by atoms with E-state index in [2.05, 4.69) is 4.72 Å². The van der Waals surface area contributed by atoms with Gasteiger partial charge in [-0.15, -0.1) is 0 Å². The zero-order chi connectivity index (χ0) is 22.5. The van der Waals surface area contributed by atoms with Gasteiger partial charge in [0, 0.05) is 24.2 Å². The molecule has 0 radical (unpaired) electrons. The zero-order valence-corrected chi connectivity index (χ0v) is 19.3. The molecule has 0 saturated carbocycles. The Morgan fingerprint density at radius 3 is 2.27 bits per heavy atom. The van der Waals surface area contributed by atoms with Crippen LogP contribution in [0.4, 0.5) is 0 Å². The topological polar surface area (TPSA) is 84.9 Å². The summed E-state index contributed by atoms with van der Waals surface area (Å²) in [6, 6.07) is 10.2. The van der Waals surface area contributed by atoms with E-state index in [1.54, 1.807) is 51.2 Å². The molecule has 0 unspecified atom stereocenters. The lowest BCUT2D eigenvalue weighted by Gasteiger charge is -2.27. The van der Waals surface area contributed by atoms with Crippen molar-refractivity contribution in [1.29, 1.82) is 0 Å². The van der Waals surface area contributed by atoms with E-state index in [0.717, 1.165) is 5.56 Å². The molecule has 164 valence electrons. The Balaban J connectivity index is 2.22. The molecule has 0 heterocycles. The average Bonchev–Trinajstić information content (AvgIpc) is 2.71. The third-order valence-electron chi connectivity index (χ3n) is 4.61. The van der Waals surface area contributed by atoms with Gasteiger partial charge in [-0.2, -0.15) is 4.72 Å². The van der Waals surface area contributed by atoms with Crippen LogP contribution in [0.3, 0.4) is 0 Å². The molecule has 1 amide bonds. The summed E-state index contributed by atoms with van der Waals surface area (Å²) in [5, 5.41) is 0.521. The van der Waals surface area contributed by atoms with Crippen LogP contribution in [0.5, 0.6) is 11.5 Å². The molecule has 2 aromatic rings. The van der Waals surface area contributed by atoms with Crippen LogP contribution in [-0.2, 0) is 21.4 Å². The van der Waals surface area contributed by atoms with Crippen molar-refractivity contribution in [3.05, 3.63) is 53.1 Å². The van der Waals surface area contributed by atoms with Crippen molar-refractivity contribution >= 4 is 27.5 Å². The van der Waals surface area contributed by atoms with E-state index in [-0.39, 0.29) is 23.3 Å². The quantitative estimate of drug-likeness (QED) is 0.628. The molecular weight excluding hydrogens is 428 g/mol. The Bertz CT molecular complexity index is 977. The molecule has 2 aromatic carbocycles. The molecule has 7 nitrogen and oxygen atoms in total.